The Kier molecular flexibility index (Phi) is 7.00. The molecular formula is C15H15BF3KO. The maximum atomic E-state index is 12.9. The van der Waals surface area contributed by atoms with Crippen molar-refractivity contribution in [1.82, 2.24) is 0 Å². The van der Waals surface area contributed by atoms with Gasteiger partial charge < -0.3 is 17.7 Å². The zero-order valence-corrected chi connectivity index (χ0v) is 15.5. The van der Waals surface area contributed by atoms with Crippen molar-refractivity contribution in [2.24, 2.45) is 0 Å². The Bertz CT molecular complexity index is 594. The largest absolute Gasteiger partial charge is 1.00 e. The molecule has 2 aromatic carbocycles. The van der Waals surface area contributed by atoms with Crippen LogP contribution in [0.2, 0.25) is 0 Å². The van der Waals surface area contributed by atoms with Gasteiger partial charge in [-0.05, 0) is 36.6 Å². The third-order valence-corrected chi connectivity index (χ3v) is 3.29. The fourth-order valence-electron chi connectivity index (χ4n) is 2.11. The van der Waals surface area contributed by atoms with E-state index >= 15 is 0 Å². The van der Waals surface area contributed by atoms with Gasteiger partial charge in [0.25, 0.3) is 0 Å². The quantitative estimate of drug-likeness (QED) is 0.763. The average molecular weight is 318 g/mol. The average Bonchev–Trinajstić information content (AvgIpc) is 2.37. The molecule has 0 aliphatic heterocycles. The number of benzene rings is 2. The van der Waals surface area contributed by atoms with E-state index in [0.717, 1.165) is 22.8 Å². The molecule has 0 aromatic heterocycles. The van der Waals surface area contributed by atoms with E-state index in [1.165, 1.54) is 12.1 Å². The Morgan fingerprint density at radius 2 is 1.48 bits per heavy atom. The Hall–Kier alpha value is -0.269. The molecular weight excluding hydrogens is 303 g/mol. The monoisotopic (exact) mass is 318 g/mol. The minimum atomic E-state index is -5.06. The molecule has 2 rings (SSSR count). The first kappa shape index (κ1) is 18.8. The molecule has 0 aliphatic carbocycles. The van der Waals surface area contributed by atoms with Crippen molar-refractivity contribution in [1.29, 1.82) is 0 Å². The van der Waals surface area contributed by atoms with Crippen LogP contribution in [-0.4, -0.2) is 6.98 Å². The zero-order chi connectivity index (χ0) is 14.8. The van der Waals surface area contributed by atoms with Crippen molar-refractivity contribution in [3.05, 3.63) is 59.2 Å². The van der Waals surface area contributed by atoms with Crippen molar-refractivity contribution in [3.63, 3.8) is 0 Å². The van der Waals surface area contributed by atoms with E-state index in [1.54, 1.807) is 6.07 Å². The first-order chi connectivity index (χ1) is 9.39. The maximum absolute atomic E-state index is 12.9. The van der Waals surface area contributed by atoms with Crippen LogP contribution in [0.1, 0.15) is 16.7 Å². The number of aryl methyl sites for hydroxylation is 2. The van der Waals surface area contributed by atoms with E-state index in [1.807, 2.05) is 32.0 Å². The van der Waals surface area contributed by atoms with Gasteiger partial charge in [-0.2, -0.15) is 0 Å². The fraction of sp³-hybridized carbons (Fsp3) is 0.200. The molecule has 6 heteroatoms. The van der Waals surface area contributed by atoms with E-state index in [-0.39, 0.29) is 63.7 Å². The Labute approximate surface area is 165 Å². The van der Waals surface area contributed by atoms with E-state index in [2.05, 4.69) is 0 Å². The van der Waals surface area contributed by atoms with Gasteiger partial charge in [-0.25, -0.2) is 0 Å². The number of ether oxygens (including phenoxy) is 1. The summed E-state index contributed by atoms with van der Waals surface area (Å²) in [6.07, 6.45) is 0. The minimum absolute atomic E-state index is 0. The van der Waals surface area contributed by atoms with Gasteiger partial charge in [0, 0.05) is 0 Å². The van der Waals surface area contributed by atoms with Crippen molar-refractivity contribution < 1.29 is 69.1 Å². The Balaban J connectivity index is 0.00000220. The van der Waals surface area contributed by atoms with Gasteiger partial charge in [-0.1, -0.05) is 41.9 Å². The van der Waals surface area contributed by atoms with E-state index in [0.29, 0.717) is 0 Å². The standard InChI is InChI=1S/C15H15BF3O.K/c1-11-6-5-7-12(2)13(11)10-20-15-9-4-3-8-14(15)16(17,18)19;/h3-9H,10H2,1-2H3;/q-1;+1. The van der Waals surface area contributed by atoms with Crippen molar-refractivity contribution >= 4 is 12.4 Å². The van der Waals surface area contributed by atoms with Gasteiger partial charge in [0.1, 0.15) is 6.61 Å². The molecule has 2 aromatic rings. The Morgan fingerprint density at radius 1 is 0.905 bits per heavy atom. The second-order valence-corrected chi connectivity index (χ2v) is 4.77. The topological polar surface area (TPSA) is 9.23 Å². The van der Waals surface area contributed by atoms with Crippen LogP contribution in [0.4, 0.5) is 12.9 Å². The van der Waals surface area contributed by atoms with Crippen LogP contribution < -0.4 is 61.6 Å². The molecule has 0 unspecified atom stereocenters. The normalized spacial score (nSPS) is 10.9. The van der Waals surface area contributed by atoms with Crippen LogP contribution >= 0.6 is 0 Å². The summed E-state index contributed by atoms with van der Waals surface area (Å²) in [7, 11) is 0. The molecule has 0 spiro atoms. The summed E-state index contributed by atoms with van der Waals surface area (Å²) < 4.78 is 44.2. The van der Waals surface area contributed by atoms with Gasteiger partial charge in [0.2, 0.25) is 0 Å². The van der Waals surface area contributed by atoms with Gasteiger partial charge in [0.15, 0.2) is 0 Å². The number of para-hydroxylation sites is 1. The third kappa shape index (κ3) is 4.86. The van der Waals surface area contributed by atoms with E-state index < -0.39 is 12.4 Å². The summed E-state index contributed by atoms with van der Waals surface area (Å²) in [5.74, 6) is -0.109. The zero-order valence-electron chi connectivity index (χ0n) is 12.4. The van der Waals surface area contributed by atoms with Crippen LogP contribution in [0.25, 0.3) is 0 Å². The molecule has 1 nitrogen and oxygen atoms in total. The fourth-order valence-corrected chi connectivity index (χ4v) is 2.11. The Morgan fingerprint density at radius 3 is 2.05 bits per heavy atom. The molecule has 106 valence electrons. The first-order valence-electron chi connectivity index (χ1n) is 6.36. The van der Waals surface area contributed by atoms with Crippen LogP contribution in [0.3, 0.4) is 0 Å². The third-order valence-electron chi connectivity index (χ3n) is 3.29. The summed E-state index contributed by atoms with van der Waals surface area (Å²) in [6, 6.07) is 11.1. The van der Waals surface area contributed by atoms with Crippen molar-refractivity contribution in [2.45, 2.75) is 20.5 Å². The van der Waals surface area contributed by atoms with E-state index in [4.69, 9.17) is 4.74 Å². The number of hydrogen-bond donors (Lipinski definition) is 0. The van der Waals surface area contributed by atoms with E-state index in [9.17, 15) is 12.9 Å². The van der Waals surface area contributed by atoms with Gasteiger partial charge >= 0.3 is 58.4 Å². The molecule has 0 atom stereocenters. The molecule has 0 saturated carbocycles. The molecule has 0 radical (unpaired) electrons. The second kappa shape index (κ2) is 7.83. The summed E-state index contributed by atoms with van der Waals surface area (Å²) in [5.41, 5.74) is 2.27. The molecule has 0 bridgehead atoms. The summed E-state index contributed by atoms with van der Waals surface area (Å²) in [6.45, 7) is -1.08. The molecule has 21 heavy (non-hydrogen) atoms. The number of halogens is 3. The van der Waals surface area contributed by atoms with Crippen LogP contribution in [-0.2, 0) is 6.61 Å². The number of rotatable bonds is 4. The molecule has 0 aliphatic rings. The smallest absolute Gasteiger partial charge is 0.492 e. The number of hydrogen-bond acceptors (Lipinski definition) is 1. The predicted molar refractivity (Wildman–Crippen MR) is 75.4 cm³/mol. The molecule has 0 saturated heterocycles. The molecule has 0 fully saturated rings. The van der Waals surface area contributed by atoms with Crippen LogP contribution in [0.5, 0.6) is 5.75 Å². The minimum Gasteiger partial charge on any atom is -0.492 e. The van der Waals surface area contributed by atoms with Gasteiger partial charge in [0.05, 0.1) is 5.75 Å². The molecule has 0 amide bonds. The van der Waals surface area contributed by atoms with Crippen LogP contribution in [0.15, 0.2) is 42.5 Å². The summed E-state index contributed by atoms with van der Waals surface area (Å²) in [4.78, 5) is 0. The van der Waals surface area contributed by atoms with Crippen molar-refractivity contribution in [2.75, 3.05) is 0 Å². The molecule has 0 N–H and O–H groups in total. The predicted octanol–water partition coefficient (Wildman–Crippen LogP) is 0.941. The van der Waals surface area contributed by atoms with Crippen molar-refractivity contribution in [3.8, 4) is 5.75 Å². The summed E-state index contributed by atoms with van der Waals surface area (Å²) in [5, 5.41) is 0. The first-order valence-corrected chi connectivity index (χ1v) is 6.36. The van der Waals surface area contributed by atoms with Gasteiger partial charge in [-0.3, -0.25) is 0 Å². The molecule has 0 heterocycles. The van der Waals surface area contributed by atoms with Crippen LogP contribution in [0, 0.1) is 13.8 Å². The summed E-state index contributed by atoms with van der Waals surface area (Å²) >= 11 is 0. The SMILES string of the molecule is Cc1cccc(C)c1COc1ccccc1[B-](F)(F)F.[K+]. The second-order valence-electron chi connectivity index (χ2n) is 4.77. The maximum Gasteiger partial charge on any atom is 1.00 e. The van der Waals surface area contributed by atoms with Gasteiger partial charge in [-0.15, -0.1) is 0 Å².